The van der Waals surface area contributed by atoms with E-state index in [-0.39, 0.29) is 13.0 Å². The Bertz CT molecular complexity index is 442. The van der Waals surface area contributed by atoms with Crippen LogP contribution in [0.15, 0.2) is 36.9 Å². The van der Waals surface area contributed by atoms with Crippen molar-refractivity contribution in [1.29, 1.82) is 0 Å². The number of amides is 1. The van der Waals surface area contributed by atoms with Crippen LogP contribution in [0.25, 0.3) is 0 Å². The van der Waals surface area contributed by atoms with Gasteiger partial charge in [-0.2, -0.15) is 0 Å². The highest BCUT2D eigenvalue weighted by molar-refractivity contribution is 5.84. The van der Waals surface area contributed by atoms with Crippen LogP contribution in [0, 0.1) is 0 Å². The molecule has 96 valence electrons. The summed E-state index contributed by atoms with van der Waals surface area (Å²) < 4.78 is 4.77. The largest absolute Gasteiger partial charge is 0.481 e. The molecule has 0 aliphatic carbocycles. The van der Waals surface area contributed by atoms with E-state index in [0.717, 1.165) is 5.56 Å². The number of hydrogen-bond acceptors (Lipinski definition) is 3. The molecule has 0 saturated heterocycles. The molecule has 0 saturated carbocycles. The van der Waals surface area contributed by atoms with Gasteiger partial charge in [0.15, 0.2) is 0 Å². The maximum Gasteiger partial charge on any atom is 0.411 e. The fourth-order valence-electron chi connectivity index (χ4n) is 1.34. The number of rotatable bonds is 6. The fraction of sp³-hybridized carbons (Fsp3) is 0.231. The van der Waals surface area contributed by atoms with Crippen LogP contribution in [0.2, 0.25) is 0 Å². The lowest BCUT2D eigenvalue weighted by atomic mass is 10.1. The van der Waals surface area contributed by atoms with Crippen LogP contribution in [-0.2, 0) is 16.0 Å². The molecular weight excluding hydrogens is 234 g/mol. The SMILES string of the molecule is C=CCOC(=O)Nc1cccc(CCC(=O)O)c1. The lowest BCUT2D eigenvalue weighted by Gasteiger charge is -2.06. The third-order valence-electron chi connectivity index (χ3n) is 2.13. The maximum absolute atomic E-state index is 11.3. The van der Waals surface area contributed by atoms with E-state index in [9.17, 15) is 9.59 Å². The molecule has 0 fully saturated rings. The van der Waals surface area contributed by atoms with Crippen molar-refractivity contribution in [2.75, 3.05) is 11.9 Å². The van der Waals surface area contributed by atoms with Crippen molar-refractivity contribution in [3.8, 4) is 0 Å². The summed E-state index contributed by atoms with van der Waals surface area (Å²) in [7, 11) is 0. The van der Waals surface area contributed by atoms with E-state index in [1.165, 1.54) is 6.08 Å². The molecule has 18 heavy (non-hydrogen) atoms. The van der Waals surface area contributed by atoms with Gasteiger partial charge >= 0.3 is 12.1 Å². The molecule has 5 heteroatoms. The Labute approximate surface area is 105 Å². The summed E-state index contributed by atoms with van der Waals surface area (Å²) in [6, 6.07) is 6.99. The predicted octanol–water partition coefficient (Wildman–Crippen LogP) is 2.44. The van der Waals surface area contributed by atoms with E-state index >= 15 is 0 Å². The standard InChI is InChI=1S/C13H15NO4/c1-2-8-18-13(17)14-11-5-3-4-10(9-11)6-7-12(15)16/h2-5,9H,1,6-8H2,(H,14,17)(H,15,16). The highest BCUT2D eigenvalue weighted by atomic mass is 16.5. The Morgan fingerprint density at radius 2 is 2.22 bits per heavy atom. The van der Waals surface area contributed by atoms with Crippen LogP contribution >= 0.6 is 0 Å². The average Bonchev–Trinajstić information content (AvgIpc) is 2.34. The van der Waals surface area contributed by atoms with E-state index in [1.54, 1.807) is 18.2 Å². The second kappa shape index (κ2) is 7.11. The Kier molecular flexibility index (Phi) is 5.44. The monoisotopic (exact) mass is 249 g/mol. The van der Waals surface area contributed by atoms with Crippen molar-refractivity contribution in [3.63, 3.8) is 0 Å². The lowest BCUT2D eigenvalue weighted by molar-refractivity contribution is -0.136. The van der Waals surface area contributed by atoms with Gasteiger partial charge in [-0.25, -0.2) is 4.79 Å². The fourth-order valence-corrected chi connectivity index (χ4v) is 1.34. The smallest absolute Gasteiger partial charge is 0.411 e. The Morgan fingerprint density at radius 3 is 2.89 bits per heavy atom. The summed E-state index contributed by atoms with van der Waals surface area (Å²) in [6.07, 6.45) is 1.39. The van der Waals surface area contributed by atoms with Gasteiger partial charge in [0, 0.05) is 12.1 Å². The van der Waals surface area contributed by atoms with Gasteiger partial charge < -0.3 is 9.84 Å². The average molecular weight is 249 g/mol. The van der Waals surface area contributed by atoms with Gasteiger partial charge in [0.25, 0.3) is 0 Å². The lowest BCUT2D eigenvalue weighted by Crippen LogP contribution is -2.13. The molecule has 5 nitrogen and oxygen atoms in total. The molecule has 1 rings (SSSR count). The summed E-state index contributed by atoms with van der Waals surface area (Å²) in [4.78, 5) is 21.7. The zero-order valence-electron chi connectivity index (χ0n) is 9.89. The minimum Gasteiger partial charge on any atom is -0.481 e. The molecule has 2 N–H and O–H groups in total. The number of hydrogen-bond donors (Lipinski definition) is 2. The van der Waals surface area contributed by atoms with Gasteiger partial charge in [-0.1, -0.05) is 24.8 Å². The number of aryl methyl sites for hydroxylation is 1. The topological polar surface area (TPSA) is 75.6 Å². The minimum atomic E-state index is -0.848. The summed E-state index contributed by atoms with van der Waals surface area (Å²) >= 11 is 0. The van der Waals surface area contributed by atoms with Gasteiger partial charge in [0.2, 0.25) is 0 Å². The zero-order valence-corrected chi connectivity index (χ0v) is 9.89. The molecule has 0 atom stereocenters. The summed E-state index contributed by atoms with van der Waals surface area (Å²) in [5.74, 6) is -0.848. The molecule has 1 amide bonds. The van der Waals surface area contributed by atoms with Gasteiger partial charge in [0.1, 0.15) is 6.61 Å². The van der Waals surface area contributed by atoms with Crippen molar-refractivity contribution in [1.82, 2.24) is 0 Å². The molecule has 0 aliphatic heterocycles. The van der Waals surface area contributed by atoms with Crippen LogP contribution in [0.3, 0.4) is 0 Å². The summed E-state index contributed by atoms with van der Waals surface area (Å²) in [6.45, 7) is 3.58. The molecule has 1 aromatic carbocycles. The normalized spacial score (nSPS) is 9.56. The quantitative estimate of drug-likeness (QED) is 0.759. The number of nitrogens with one attached hydrogen (secondary N) is 1. The third kappa shape index (κ3) is 5.16. The number of carbonyl (C=O) groups is 2. The van der Waals surface area contributed by atoms with Crippen molar-refractivity contribution >= 4 is 17.7 Å². The number of carboxylic acids is 1. The number of carboxylic acid groups (broad SMARTS) is 1. The van der Waals surface area contributed by atoms with Gasteiger partial charge in [0.05, 0.1) is 0 Å². The second-order valence-electron chi connectivity index (χ2n) is 3.61. The number of benzene rings is 1. The Balaban J connectivity index is 2.55. The first-order valence-electron chi connectivity index (χ1n) is 5.47. The zero-order chi connectivity index (χ0) is 13.4. The summed E-state index contributed by atoms with van der Waals surface area (Å²) in [5.41, 5.74) is 1.42. The molecule has 0 heterocycles. The number of anilines is 1. The Hall–Kier alpha value is -2.30. The third-order valence-corrected chi connectivity index (χ3v) is 2.13. The number of aliphatic carboxylic acids is 1. The molecular formula is C13H15NO4. The first kappa shape index (κ1) is 13.8. The highest BCUT2D eigenvalue weighted by Crippen LogP contribution is 2.12. The highest BCUT2D eigenvalue weighted by Gasteiger charge is 2.04. The molecule has 0 spiro atoms. The molecule has 0 aliphatic rings. The molecule has 0 aromatic heterocycles. The molecule has 1 aromatic rings. The number of carbonyl (C=O) groups excluding carboxylic acids is 1. The van der Waals surface area contributed by atoms with Crippen LogP contribution in [0.4, 0.5) is 10.5 Å². The van der Waals surface area contributed by atoms with Gasteiger partial charge in [-0.05, 0) is 24.1 Å². The van der Waals surface area contributed by atoms with E-state index < -0.39 is 12.1 Å². The van der Waals surface area contributed by atoms with Crippen molar-refractivity contribution < 1.29 is 19.4 Å². The first-order chi connectivity index (χ1) is 8.61. The van der Waals surface area contributed by atoms with Crippen molar-refractivity contribution in [2.45, 2.75) is 12.8 Å². The minimum absolute atomic E-state index is 0.0599. The van der Waals surface area contributed by atoms with E-state index in [1.807, 2.05) is 6.07 Å². The predicted molar refractivity (Wildman–Crippen MR) is 67.6 cm³/mol. The van der Waals surface area contributed by atoms with Crippen LogP contribution in [0.1, 0.15) is 12.0 Å². The van der Waals surface area contributed by atoms with E-state index in [2.05, 4.69) is 11.9 Å². The van der Waals surface area contributed by atoms with Gasteiger partial charge in [-0.3, -0.25) is 10.1 Å². The van der Waals surface area contributed by atoms with Crippen molar-refractivity contribution in [3.05, 3.63) is 42.5 Å². The maximum atomic E-state index is 11.3. The van der Waals surface area contributed by atoms with Gasteiger partial charge in [-0.15, -0.1) is 0 Å². The van der Waals surface area contributed by atoms with Crippen molar-refractivity contribution in [2.24, 2.45) is 0 Å². The Morgan fingerprint density at radius 1 is 1.44 bits per heavy atom. The van der Waals surface area contributed by atoms with E-state index in [0.29, 0.717) is 12.1 Å². The first-order valence-corrected chi connectivity index (χ1v) is 5.47. The molecule has 0 unspecified atom stereocenters. The second-order valence-corrected chi connectivity index (χ2v) is 3.61. The summed E-state index contributed by atoms with van der Waals surface area (Å²) in [5, 5.41) is 11.1. The van der Waals surface area contributed by atoms with Crippen LogP contribution < -0.4 is 5.32 Å². The number of ether oxygens (including phenoxy) is 1. The van der Waals surface area contributed by atoms with Crippen LogP contribution in [-0.4, -0.2) is 23.8 Å². The molecule has 0 radical (unpaired) electrons. The van der Waals surface area contributed by atoms with E-state index in [4.69, 9.17) is 9.84 Å². The molecule has 0 bridgehead atoms. The van der Waals surface area contributed by atoms with Crippen LogP contribution in [0.5, 0.6) is 0 Å².